The summed E-state index contributed by atoms with van der Waals surface area (Å²) < 4.78 is 23.9. The molecule has 21 heavy (non-hydrogen) atoms. The Morgan fingerprint density at radius 1 is 1.14 bits per heavy atom. The molecule has 0 amide bonds. The van der Waals surface area contributed by atoms with Gasteiger partial charge in [0.2, 0.25) is 0 Å². The van der Waals surface area contributed by atoms with Crippen LogP contribution in [0.1, 0.15) is 11.1 Å². The molecule has 1 atom stereocenters. The van der Waals surface area contributed by atoms with Gasteiger partial charge in [0.1, 0.15) is 11.6 Å². The maximum absolute atomic E-state index is 13.2. The van der Waals surface area contributed by atoms with E-state index in [4.69, 9.17) is 9.47 Å². The van der Waals surface area contributed by atoms with Crippen molar-refractivity contribution in [1.82, 2.24) is 0 Å². The molecule has 2 aromatic rings. The van der Waals surface area contributed by atoms with Crippen LogP contribution in [-0.4, -0.2) is 24.9 Å². The molecule has 0 heterocycles. The second-order valence-electron chi connectivity index (χ2n) is 4.81. The third-order valence-electron chi connectivity index (χ3n) is 3.12. The van der Waals surface area contributed by atoms with Crippen LogP contribution in [0.3, 0.4) is 0 Å². The highest BCUT2D eigenvalue weighted by atomic mass is 19.1. The van der Waals surface area contributed by atoms with Crippen LogP contribution in [-0.2, 0) is 17.8 Å². The molecule has 0 unspecified atom stereocenters. The average Bonchev–Trinajstić information content (AvgIpc) is 2.48. The minimum absolute atomic E-state index is 0.189. The van der Waals surface area contributed by atoms with Crippen molar-refractivity contribution in [3.05, 3.63) is 65.5 Å². The van der Waals surface area contributed by atoms with E-state index in [1.54, 1.807) is 6.07 Å². The van der Waals surface area contributed by atoms with E-state index in [0.29, 0.717) is 17.9 Å². The predicted octanol–water partition coefficient (Wildman–Crippen LogP) is 2.95. The SMILES string of the molecule is COc1ccc(F)cc1C[C@H](O)COCc1ccccc1. The summed E-state index contributed by atoms with van der Waals surface area (Å²) in [6, 6.07) is 14.0. The fraction of sp³-hybridized carbons (Fsp3) is 0.294. The Labute approximate surface area is 124 Å². The molecular weight excluding hydrogens is 271 g/mol. The van der Waals surface area contributed by atoms with Crippen molar-refractivity contribution in [2.75, 3.05) is 13.7 Å². The summed E-state index contributed by atoms with van der Waals surface area (Å²) in [5.74, 6) is 0.224. The van der Waals surface area contributed by atoms with Crippen LogP contribution < -0.4 is 4.74 Å². The number of aliphatic hydroxyl groups excluding tert-OH is 1. The van der Waals surface area contributed by atoms with Crippen molar-refractivity contribution in [2.45, 2.75) is 19.1 Å². The molecule has 0 spiro atoms. The molecule has 0 saturated heterocycles. The highest BCUT2D eigenvalue weighted by Gasteiger charge is 2.11. The quantitative estimate of drug-likeness (QED) is 0.852. The zero-order valence-electron chi connectivity index (χ0n) is 12.0. The first-order chi connectivity index (χ1) is 10.2. The van der Waals surface area contributed by atoms with Gasteiger partial charge in [-0.1, -0.05) is 30.3 Å². The number of rotatable bonds is 7. The molecule has 0 radical (unpaired) electrons. The van der Waals surface area contributed by atoms with Crippen molar-refractivity contribution in [1.29, 1.82) is 0 Å². The first kappa shape index (κ1) is 15.5. The smallest absolute Gasteiger partial charge is 0.123 e. The summed E-state index contributed by atoms with van der Waals surface area (Å²) >= 11 is 0. The van der Waals surface area contributed by atoms with Gasteiger partial charge in [-0.2, -0.15) is 0 Å². The monoisotopic (exact) mass is 290 g/mol. The van der Waals surface area contributed by atoms with Crippen LogP contribution in [0, 0.1) is 5.82 Å². The van der Waals surface area contributed by atoms with Crippen molar-refractivity contribution in [3.8, 4) is 5.75 Å². The molecule has 0 aliphatic carbocycles. The summed E-state index contributed by atoms with van der Waals surface area (Å²) in [7, 11) is 1.52. The molecule has 0 saturated carbocycles. The maximum Gasteiger partial charge on any atom is 0.123 e. The van der Waals surface area contributed by atoms with Crippen LogP contribution in [0.4, 0.5) is 4.39 Å². The van der Waals surface area contributed by atoms with Gasteiger partial charge in [0, 0.05) is 6.42 Å². The largest absolute Gasteiger partial charge is 0.496 e. The molecule has 4 heteroatoms. The van der Waals surface area contributed by atoms with Gasteiger partial charge in [0.25, 0.3) is 0 Å². The van der Waals surface area contributed by atoms with Gasteiger partial charge < -0.3 is 14.6 Å². The number of benzene rings is 2. The minimum Gasteiger partial charge on any atom is -0.496 e. The summed E-state index contributed by atoms with van der Waals surface area (Å²) in [5.41, 5.74) is 1.68. The summed E-state index contributed by atoms with van der Waals surface area (Å²) in [6.07, 6.45) is -0.417. The van der Waals surface area contributed by atoms with Crippen LogP contribution in [0.5, 0.6) is 5.75 Å². The topological polar surface area (TPSA) is 38.7 Å². The minimum atomic E-state index is -0.704. The van der Waals surface area contributed by atoms with Gasteiger partial charge in [-0.3, -0.25) is 0 Å². The van der Waals surface area contributed by atoms with Crippen LogP contribution in [0.15, 0.2) is 48.5 Å². The lowest BCUT2D eigenvalue weighted by Crippen LogP contribution is -2.18. The Bertz CT molecular complexity index is 557. The van der Waals surface area contributed by atoms with Gasteiger partial charge in [0.05, 0.1) is 26.4 Å². The van der Waals surface area contributed by atoms with E-state index in [1.807, 2.05) is 30.3 Å². The number of ether oxygens (including phenoxy) is 2. The number of methoxy groups -OCH3 is 1. The number of hydrogen-bond donors (Lipinski definition) is 1. The number of hydrogen-bond acceptors (Lipinski definition) is 3. The lowest BCUT2D eigenvalue weighted by molar-refractivity contribution is 0.0286. The molecule has 2 aromatic carbocycles. The highest BCUT2D eigenvalue weighted by molar-refractivity contribution is 5.34. The molecule has 3 nitrogen and oxygen atoms in total. The van der Waals surface area contributed by atoms with E-state index in [-0.39, 0.29) is 18.8 Å². The van der Waals surface area contributed by atoms with Crippen molar-refractivity contribution in [2.24, 2.45) is 0 Å². The van der Waals surface area contributed by atoms with E-state index in [9.17, 15) is 9.50 Å². The fourth-order valence-corrected chi connectivity index (χ4v) is 2.11. The zero-order chi connectivity index (χ0) is 15.1. The highest BCUT2D eigenvalue weighted by Crippen LogP contribution is 2.21. The molecule has 0 bridgehead atoms. The molecule has 0 aromatic heterocycles. The summed E-state index contributed by atoms with van der Waals surface area (Å²) in [4.78, 5) is 0. The van der Waals surface area contributed by atoms with Crippen LogP contribution >= 0.6 is 0 Å². The lowest BCUT2D eigenvalue weighted by Gasteiger charge is -2.14. The molecule has 0 aliphatic heterocycles. The van der Waals surface area contributed by atoms with Crippen LogP contribution in [0.25, 0.3) is 0 Å². The number of halogens is 1. The Balaban J connectivity index is 1.84. The Kier molecular flexibility index (Phi) is 5.72. The second kappa shape index (κ2) is 7.76. The van der Waals surface area contributed by atoms with E-state index >= 15 is 0 Å². The molecule has 0 fully saturated rings. The summed E-state index contributed by atoms with van der Waals surface area (Å²) in [5, 5.41) is 9.99. The number of aliphatic hydroxyl groups is 1. The first-order valence-electron chi connectivity index (χ1n) is 6.81. The fourth-order valence-electron chi connectivity index (χ4n) is 2.11. The van der Waals surface area contributed by atoms with Gasteiger partial charge in [-0.05, 0) is 29.3 Å². The molecule has 0 aliphatic rings. The second-order valence-corrected chi connectivity index (χ2v) is 4.81. The third kappa shape index (κ3) is 4.85. The van der Waals surface area contributed by atoms with Crippen molar-refractivity contribution < 1.29 is 19.0 Å². The molecule has 2 rings (SSSR count). The average molecular weight is 290 g/mol. The van der Waals surface area contributed by atoms with Crippen LogP contribution in [0.2, 0.25) is 0 Å². The predicted molar refractivity (Wildman–Crippen MR) is 78.8 cm³/mol. The Hall–Kier alpha value is -1.91. The van der Waals surface area contributed by atoms with Crippen molar-refractivity contribution in [3.63, 3.8) is 0 Å². The lowest BCUT2D eigenvalue weighted by atomic mass is 10.1. The molecule has 112 valence electrons. The standard InChI is InChI=1S/C17H19FO3/c1-20-17-8-7-15(18)9-14(17)10-16(19)12-21-11-13-5-3-2-4-6-13/h2-9,16,19H,10-12H2,1H3/t16-/m0/s1. The Morgan fingerprint density at radius 3 is 2.62 bits per heavy atom. The van der Waals surface area contributed by atoms with Gasteiger partial charge in [-0.25, -0.2) is 4.39 Å². The molecule has 1 N–H and O–H groups in total. The maximum atomic E-state index is 13.2. The zero-order valence-corrected chi connectivity index (χ0v) is 12.0. The van der Waals surface area contributed by atoms with E-state index < -0.39 is 6.10 Å². The molecular formula is C17H19FO3. The normalized spacial score (nSPS) is 12.1. The van der Waals surface area contributed by atoms with E-state index in [2.05, 4.69) is 0 Å². The van der Waals surface area contributed by atoms with Gasteiger partial charge >= 0.3 is 0 Å². The van der Waals surface area contributed by atoms with E-state index in [0.717, 1.165) is 5.56 Å². The summed E-state index contributed by atoms with van der Waals surface area (Å²) in [6.45, 7) is 0.632. The third-order valence-corrected chi connectivity index (χ3v) is 3.12. The van der Waals surface area contributed by atoms with Gasteiger partial charge in [0.15, 0.2) is 0 Å². The van der Waals surface area contributed by atoms with Gasteiger partial charge in [-0.15, -0.1) is 0 Å². The first-order valence-corrected chi connectivity index (χ1v) is 6.81. The van der Waals surface area contributed by atoms with E-state index in [1.165, 1.54) is 19.2 Å². The Morgan fingerprint density at radius 2 is 1.90 bits per heavy atom. The van der Waals surface area contributed by atoms with Crippen molar-refractivity contribution >= 4 is 0 Å².